The molecule has 0 amide bonds. The summed E-state index contributed by atoms with van der Waals surface area (Å²) in [5.41, 5.74) is 0.999. The van der Waals surface area contributed by atoms with E-state index in [0.29, 0.717) is 29.1 Å². The first-order chi connectivity index (χ1) is 15.3. The highest BCUT2D eigenvalue weighted by Gasteiger charge is 2.16. The van der Waals surface area contributed by atoms with Gasteiger partial charge in [0.15, 0.2) is 11.6 Å². The number of ether oxygens (including phenoxy) is 1. The highest BCUT2D eigenvalue weighted by molar-refractivity contribution is 5.52. The monoisotopic (exact) mass is 460 g/mol. The maximum absolute atomic E-state index is 14.6. The zero-order chi connectivity index (χ0) is 25.7. The number of rotatable bonds is 16. The molecule has 0 aromatic heterocycles. The number of hydrogen-bond acceptors (Lipinski definition) is 1. The van der Waals surface area contributed by atoms with E-state index in [-0.39, 0.29) is 29.4 Å². The van der Waals surface area contributed by atoms with Crippen LogP contribution in [0.2, 0.25) is 0 Å². The summed E-state index contributed by atoms with van der Waals surface area (Å²) in [4.78, 5) is 0. The van der Waals surface area contributed by atoms with Gasteiger partial charge in [0.2, 0.25) is 5.83 Å². The molecule has 0 heterocycles. The van der Waals surface area contributed by atoms with Crippen LogP contribution < -0.4 is 0 Å². The van der Waals surface area contributed by atoms with Crippen molar-refractivity contribution in [3.8, 4) is 0 Å². The molecular formula is C29H39F3O. The molecule has 0 saturated carbocycles. The maximum Gasteiger partial charge on any atom is 0.200 e. The summed E-state index contributed by atoms with van der Waals surface area (Å²) in [6, 6.07) is 0. The molecule has 0 aromatic rings. The molecule has 0 aliphatic rings. The number of halogens is 3. The normalized spacial score (nSPS) is 13.5. The van der Waals surface area contributed by atoms with Crippen LogP contribution in [0.25, 0.3) is 0 Å². The largest absolute Gasteiger partial charge is 0.491 e. The quantitative estimate of drug-likeness (QED) is 0.126. The van der Waals surface area contributed by atoms with E-state index in [1.807, 2.05) is 13.8 Å². The van der Waals surface area contributed by atoms with Crippen molar-refractivity contribution in [1.82, 2.24) is 0 Å². The van der Waals surface area contributed by atoms with Crippen molar-refractivity contribution >= 4 is 0 Å². The van der Waals surface area contributed by atoms with Crippen LogP contribution in [0.15, 0.2) is 109 Å². The Hall–Kier alpha value is -2.75. The van der Waals surface area contributed by atoms with Gasteiger partial charge in [0.1, 0.15) is 5.83 Å². The average Bonchev–Trinajstić information content (AvgIpc) is 2.78. The average molecular weight is 461 g/mol. The lowest BCUT2D eigenvalue weighted by Gasteiger charge is -2.15. The van der Waals surface area contributed by atoms with Crippen molar-refractivity contribution in [1.29, 1.82) is 0 Å². The molecule has 0 saturated heterocycles. The van der Waals surface area contributed by atoms with E-state index in [1.165, 1.54) is 18.2 Å². The number of allylic oxidation sites excluding steroid dienone is 11. The van der Waals surface area contributed by atoms with Crippen LogP contribution in [-0.4, -0.2) is 6.61 Å². The molecule has 0 aromatic carbocycles. The van der Waals surface area contributed by atoms with Gasteiger partial charge in [0, 0.05) is 5.57 Å². The standard InChI is InChI=1S/C29H39F3O/c1-11-12-17-33-26(10)29(32)28(31)25(9)22(6)16-15-20(4)23(7)18-27(30)24(8)21(5)14-13-19(2)3/h15-16,18-19,21H,4,6-14,17H2,1-3,5H3/b16-15-,27-18+,29-28-. The Balaban J connectivity index is 5.12. The van der Waals surface area contributed by atoms with Gasteiger partial charge in [0.05, 0.1) is 6.61 Å². The van der Waals surface area contributed by atoms with Crippen LogP contribution in [0.4, 0.5) is 13.2 Å². The molecule has 1 atom stereocenters. The third kappa shape index (κ3) is 11.1. The van der Waals surface area contributed by atoms with E-state index in [0.717, 1.165) is 19.3 Å². The first kappa shape index (κ1) is 30.2. The first-order valence-electron chi connectivity index (χ1n) is 11.2. The van der Waals surface area contributed by atoms with E-state index < -0.39 is 17.5 Å². The smallest absolute Gasteiger partial charge is 0.200 e. The molecule has 0 spiro atoms. The molecule has 0 N–H and O–H groups in total. The third-order valence-electron chi connectivity index (χ3n) is 5.14. The van der Waals surface area contributed by atoms with Crippen LogP contribution in [0, 0.1) is 11.8 Å². The number of hydrogen-bond donors (Lipinski definition) is 0. The van der Waals surface area contributed by atoms with Crippen LogP contribution >= 0.6 is 0 Å². The van der Waals surface area contributed by atoms with Gasteiger partial charge < -0.3 is 4.74 Å². The molecule has 1 unspecified atom stereocenters. The summed E-state index contributed by atoms with van der Waals surface area (Å²) in [6.07, 6.45) is 7.57. The Morgan fingerprint density at radius 2 is 1.39 bits per heavy atom. The molecular weight excluding hydrogens is 421 g/mol. The summed E-state index contributed by atoms with van der Waals surface area (Å²) < 4.78 is 48.3. The fourth-order valence-corrected chi connectivity index (χ4v) is 2.54. The molecule has 0 aliphatic heterocycles. The Labute approximate surface area is 198 Å². The Kier molecular flexibility index (Phi) is 13.9. The second-order valence-corrected chi connectivity index (χ2v) is 8.53. The van der Waals surface area contributed by atoms with Crippen molar-refractivity contribution in [3.63, 3.8) is 0 Å². The molecule has 0 radical (unpaired) electrons. The third-order valence-corrected chi connectivity index (χ3v) is 5.14. The summed E-state index contributed by atoms with van der Waals surface area (Å²) in [7, 11) is 0. The van der Waals surface area contributed by atoms with Crippen LogP contribution in [0.1, 0.15) is 53.4 Å². The Morgan fingerprint density at radius 3 is 1.94 bits per heavy atom. The second-order valence-electron chi connectivity index (χ2n) is 8.53. The predicted molar refractivity (Wildman–Crippen MR) is 137 cm³/mol. The van der Waals surface area contributed by atoms with E-state index in [1.54, 1.807) is 0 Å². The molecule has 182 valence electrons. The van der Waals surface area contributed by atoms with Crippen molar-refractivity contribution < 1.29 is 17.9 Å². The minimum absolute atomic E-state index is 0.00808. The summed E-state index contributed by atoms with van der Waals surface area (Å²) in [6.45, 7) is 30.5. The molecule has 0 rings (SSSR count). The first-order valence-corrected chi connectivity index (χ1v) is 11.2. The lowest BCUT2D eigenvalue weighted by Crippen LogP contribution is -2.02. The minimum atomic E-state index is -1.22. The predicted octanol–water partition coefficient (Wildman–Crippen LogP) is 9.73. The van der Waals surface area contributed by atoms with E-state index >= 15 is 0 Å². The fourth-order valence-electron chi connectivity index (χ4n) is 2.54. The van der Waals surface area contributed by atoms with Gasteiger partial charge >= 0.3 is 0 Å². The van der Waals surface area contributed by atoms with E-state index in [9.17, 15) is 13.2 Å². The molecule has 4 heteroatoms. The van der Waals surface area contributed by atoms with Crippen molar-refractivity contribution in [3.05, 3.63) is 109 Å². The van der Waals surface area contributed by atoms with Gasteiger partial charge in [-0.25, -0.2) is 8.78 Å². The Bertz CT molecular complexity index is 865. The highest BCUT2D eigenvalue weighted by Crippen LogP contribution is 2.29. The highest BCUT2D eigenvalue weighted by atomic mass is 19.2. The van der Waals surface area contributed by atoms with Crippen LogP contribution in [0.5, 0.6) is 0 Å². The van der Waals surface area contributed by atoms with Gasteiger partial charge in [-0.1, -0.05) is 92.2 Å². The summed E-state index contributed by atoms with van der Waals surface area (Å²) in [5, 5.41) is 0. The molecule has 1 nitrogen and oxygen atoms in total. The van der Waals surface area contributed by atoms with Crippen molar-refractivity contribution in [2.24, 2.45) is 11.8 Å². The van der Waals surface area contributed by atoms with E-state index in [4.69, 9.17) is 4.74 Å². The van der Waals surface area contributed by atoms with Crippen LogP contribution in [0.3, 0.4) is 0 Å². The Morgan fingerprint density at radius 1 is 0.818 bits per heavy atom. The molecule has 0 fully saturated rings. The van der Waals surface area contributed by atoms with Gasteiger partial charge in [-0.05, 0) is 53.0 Å². The van der Waals surface area contributed by atoms with Gasteiger partial charge in [-0.3, -0.25) is 0 Å². The van der Waals surface area contributed by atoms with Gasteiger partial charge in [-0.15, -0.1) is 0 Å². The summed E-state index contributed by atoms with van der Waals surface area (Å²) in [5.74, 6) is -2.72. The SMILES string of the molecule is C=C(/C=C\C(=C)C(=C)/C(F)=C(/F)C(=C)OCCCC)C(=C)/C=C(/F)C(=C)C(C)CCC(C)C. The topological polar surface area (TPSA) is 9.23 Å². The van der Waals surface area contributed by atoms with Gasteiger partial charge in [0.25, 0.3) is 0 Å². The molecule has 0 aliphatic carbocycles. The summed E-state index contributed by atoms with van der Waals surface area (Å²) >= 11 is 0. The van der Waals surface area contributed by atoms with Crippen molar-refractivity contribution in [2.75, 3.05) is 6.61 Å². The zero-order valence-corrected chi connectivity index (χ0v) is 20.7. The van der Waals surface area contributed by atoms with E-state index in [2.05, 4.69) is 53.3 Å². The van der Waals surface area contributed by atoms with Crippen molar-refractivity contribution in [2.45, 2.75) is 53.4 Å². The zero-order valence-electron chi connectivity index (χ0n) is 20.7. The number of unbranched alkanes of at least 4 members (excludes halogenated alkanes) is 1. The molecule has 33 heavy (non-hydrogen) atoms. The van der Waals surface area contributed by atoms with Gasteiger partial charge in [-0.2, -0.15) is 4.39 Å². The van der Waals surface area contributed by atoms with Crippen LogP contribution in [-0.2, 0) is 4.74 Å². The lowest BCUT2D eigenvalue weighted by molar-refractivity contribution is 0.203. The second kappa shape index (κ2) is 15.2. The lowest BCUT2D eigenvalue weighted by atomic mass is 9.92. The molecule has 0 bridgehead atoms. The maximum atomic E-state index is 14.6. The fraction of sp³-hybridized carbons (Fsp3) is 0.379. The minimum Gasteiger partial charge on any atom is -0.491 e.